The van der Waals surface area contributed by atoms with Crippen LogP contribution >= 0.6 is 0 Å². The van der Waals surface area contributed by atoms with E-state index in [4.69, 9.17) is 0 Å². The fraction of sp³-hybridized carbons (Fsp3) is 0.412. The molecule has 0 spiro atoms. The maximum atomic E-state index is 12.4. The Labute approximate surface area is 131 Å². The molecular formula is C17H23N3O2. The number of rotatable bonds is 5. The monoisotopic (exact) mass is 301 g/mol. The van der Waals surface area contributed by atoms with Crippen molar-refractivity contribution in [2.24, 2.45) is 7.05 Å². The first-order chi connectivity index (χ1) is 10.4. The quantitative estimate of drug-likeness (QED) is 0.890. The molecule has 5 nitrogen and oxygen atoms in total. The molecule has 1 aromatic carbocycles. The second-order valence-electron chi connectivity index (χ2n) is 5.71. The van der Waals surface area contributed by atoms with Gasteiger partial charge in [-0.2, -0.15) is 5.10 Å². The Balaban J connectivity index is 2.00. The Hall–Kier alpha value is -2.14. The Morgan fingerprint density at radius 3 is 2.50 bits per heavy atom. The van der Waals surface area contributed by atoms with Gasteiger partial charge in [-0.3, -0.25) is 9.48 Å². The number of hydrogen-bond donors (Lipinski definition) is 2. The Kier molecular flexibility index (Phi) is 4.98. The van der Waals surface area contributed by atoms with Crippen LogP contribution in [0.5, 0.6) is 0 Å². The summed E-state index contributed by atoms with van der Waals surface area (Å²) in [5.74, 6) is -0.143. The van der Waals surface area contributed by atoms with Crippen LogP contribution in [0.15, 0.2) is 30.3 Å². The third-order valence-electron chi connectivity index (χ3n) is 3.87. The number of nitrogens with zero attached hydrogens (tertiary/aromatic N) is 2. The summed E-state index contributed by atoms with van der Waals surface area (Å²) in [7, 11) is 1.82. The molecule has 0 saturated heterocycles. The maximum absolute atomic E-state index is 12.4. The number of aryl methyl sites for hydroxylation is 2. The standard InChI is InChI=1S/C17H23N3O2/c1-11(10-15(21)14-8-6-5-7-9-14)18-17(22)16-12(2)19-20(4)13(16)3/h5-9,11,15,21H,10H2,1-4H3,(H,18,22). The van der Waals surface area contributed by atoms with Crippen molar-refractivity contribution in [1.29, 1.82) is 0 Å². The number of carbonyl (C=O) groups excluding carboxylic acids is 1. The Morgan fingerprint density at radius 2 is 1.95 bits per heavy atom. The lowest BCUT2D eigenvalue weighted by molar-refractivity contribution is 0.0915. The zero-order valence-electron chi connectivity index (χ0n) is 13.5. The molecule has 5 heteroatoms. The average molecular weight is 301 g/mol. The van der Waals surface area contributed by atoms with Crippen LogP contribution in [0, 0.1) is 13.8 Å². The molecular weight excluding hydrogens is 278 g/mol. The van der Waals surface area contributed by atoms with Gasteiger partial charge in [-0.25, -0.2) is 0 Å². The lowest BCUT2D eigenvalue weighted by Crippen LogP contribution is -2.34. The number of aromatic nitrogens is 2. The smallest absolute Gasteiger partial charge is 0.255 e. The second-order valence-corrected chi connectivity index (χ2v) is 5.71. The summed E-state index contributed by atoms with van der Waals surface area (Å²) in [4.78, 5) is 12.4. The van der Waals surface area contributed by atoms with Crippen molar-refractivity contribution in [2.75, 3.05) is 0 Å². The fourth-order valence-electron chi connectivity index (χ4n) is 2.60. The molecule has 0 bridgehead atoms. The molecule has 2 rings (SSSR count). The van der Waals surface area contributed by atoms with Crippen LogP contribution in [-0.4, -0.2) is 26.8 Å². The number of aliphatic hydroxyl groups is 1. The van der Waals surface area contributed by atoms with Crippen molar-refractivity contribution in [3.8, 4) is 0 Å². The molecule has 2 aromatic rings. The minimum absolute atomic E-state index is 0.137. The van der Waals surface area contributed by atoms with Gasteiger partial charge < -0.3 is 10.4 Å². The molecule has 22 heavy (non-hydrogen) atoms. The van der Waals surface area contributed by atoms with Crippen LogP contribution in [-0.2, 0) is 7.05 Å². The largest absolute Gasteiger partial charge is 0.388 e. The third kappa shape index (κ3) is 3.54. The molecule has 0 aliphatic rings. The first-order valence-electron chi connectivity index (χ1n) is 7.44. The number of aliphatic hydroxyl groups excluding tert-OH is 1. The zero-order chi connectivity index (χ0) is 16.3. The third-order valence-corrected chi connectivity index (χ3v) is 3.87. The predicted molar refractivity (Wildman–Crippen MR) is 85.6 cm³/mol. The van der Waals surface area contributed by atoms with Crippen molar-refractivity contribution >= 4 is 5.91 Å². The molecule has 0 aliphatic heterocycles. The average Bonchev–Trinajstić information content (AvgIpc) is 2.72. The molecule has 0 fully saturated rings. The molecule has 0 radical (unpaired) electrons. The van der Waals surface area contributed by atoms with E-state index in [1.807, 2.05) is 58.2 Å². The number of hydrogen-bond acceptors (Lipinski definition) is 3. The van der Waals surface area contributed by atoms with E-state index < -0.39 is 6.10 Å². The van der Waals surface area contributed by atoms with Crippen molar-refractivity contribution in [2.45, 2.75) is 39.3 Å². The molecule has 1 amide bonds. The minimum Gasteiger partial charge on any atom is -0.388 e. The highest BCUT2D eigenvalue weighted by molar-refractivity contribution is 5.96. The van der Waals surface area contributed by atoms with Gasteiger partial charge in [0, 0.05) is 18.8 Å². The topological polar surface area (TPSA) is 67.2 Å². The van der Waals surface area contributed by atoms with E-state index in [1.54, 1.807) is 4.68 Å². The number of amides is 1. The fourth-order valence-corrected chi connectivity index (χ4v) is 2.60. The highest BCUT2D eigenvalue weighted by atomic mass is 16.3. The lowest BCUT2D eigenvalue weighted by atomic mass is 10.0. The van der Waals surface area contributed by atoms with E-state index in [-0.39, 0.29) is 11.9 Å². The first kappa shape index (κ1) is 16.2. The Morgan fingerprint density at radius 1 is 1.32 bits per heavy atom. The summed E-state index contributed by atoms with van der Waals surface area (Å²) in [6.07, 6.45) is -0.124. The van der Waals surface area contributed by atoms with E-state index in [0.717, 1.165) is 11.3 Å². The van der Waals surface area contributed by atoms with Crippen LogP contribution in [0.4, 0.5) is 0 Å². The summed E-state index contributed by atoms with van der Waals surface area (Å²) < 4.78 is 1.70. The van der Waals surface area contributed by atoms with Crippen LogP contribution in [0.2, 0.25) is 0 Å². The normalized spacial score (nSPS) is 13.7. The summed E-state index contributed by atoms with van der Waals surface area (Å²) in [5, 5.41) is 17.4. The maximum Gasteiger partial charge on any atom is 0.255 e. The first-order valence-corrected chi connectivity index (χ1v) is 7.44. The highest BCUT2D eigenvalue weighted by Gasteiger charge is 2.20. The van der Waals surface area contributed by atoms with Crippen molar-refractivity contribution in [3.05, 3.63) is 52.8 Å². The van der Waals surface area contributed by atoms with Crippen molar-refractivity contribution in [3.63, 3.8) is 0 Å². The Bertz CT molecular complexity index is 649. The van der Waals surface area contributed by atoms with Gasteiger partial charge in [-0.1, -0.05) is 30.3 Å². The minimum atomic E-state index is -0.590. The van der Waals surface area contributed by atoms with Crippen LogP contribution in [0.1, 0.15) is 46.8 Å². The second kappa shape index (κ2) is 6.75. The van der Waals surface area contributed by atoms with Crippen molar-refractivity contribution in [1.82, 2.24) is 15.1 Å². The van der Waals surface area contributed by atoms with Gasteiger partial charge >= 0.3 is 0 Å². The van der Waals surface area contributed by atoms with Gasteiger partial charge in [0.2, 0.25) is 0 Å². The molecule has 1 aromatic heterocycles. The molecule has 118 valence electrons. The molecule has 2 N–H and O–H groups in total. The number of carbonyl (C=O) groups is 1. The summed E-state index contributed by atoms with van der Waals surface area (Å²) in [6, 6.07) is 9.33. The zero-order valence-corrected chi connectivity index (χ0v) is 13.5. The molecule has 2 atom stereocenters. The SMILES string of the molecule is Cc1nn(C)c(C)c1C(=O)NC(C)CC(O)c1ccccc1. The van der Waals surface area contributed by atoms with Gasteiger partial charge in [0.05, 0.1) is 17.4 Å². The summed E-state index contributed by atoms with van der Waals surface area (Å²) >= 11 is 0. The number of nitrogens with one attached hydrogen (secondary N) is 1. The lowest BCUT2D eigenvalue weighted by Gasteiger charge is -2.18. The molecule has 2 unspecified atom stereocenters. The van der Waals surface area contributed by atoms with E-state index >= 15 is 0 Å². The highest BCUT2D eigenvalue weighted by Crippen LogP contribution is 2.18. The van der Waals surface area contributed by atoms with Crippen LogP contribution in [0.3, 0.4) is 0 Å². The van der Waals surface area contributed by atoms with Crippen LogP contribution in [0.25, 0.3) is 0 Å². The van der Waals surface area contributed by atoms with Crippen LogP contribution < -0.4 is 5.32 Å². The van der Waals surface area contributed by atoms with E-state index in [9.17, 15) is 9.90 Å². The van der Waals surface area contributed by atoms with Gasteiger partial charge in [-0.05, 0) is 32.8 Å². The summed E-state index contributed by atoms with van der Waals surface area (Å²) in [5.41, 5.74) is 3.03. The van der Waals surface area contributed by atoms with E-state index in [0.29, 0.717) is 17.7 Å². The van der Waals surface area contributed by atoms with Gasteiger partial charge in [0.1, 0.15) is 0 Å². The number of benzene rings is 1. The molecule has 0 saturated carbocycles. The summed E-state index contributed by atoms with van der Waals surface area (Å²) in [6.45, 7) is 5.59. The van der Waals surface area contributed by atoms with Gasteiger partial charge in [0.25, 0.3) is 5.91 Å². The van der Waals surface area contributed by atoms with Gasteiger partial charge in [-0.15, -0.1) is 0 Å². The van der Waals surface area contributed by atoms with Crippen molar-refractivity contribution < 1.29 is 9.90 Å². The molecule has 1 heterocycles. The predicted octanol–water partition coefficient (Wildman–Crippen LogP) is 2.28. The van der Waals surface area contributed by atoms with E-state index in [1.165, 1.54) is 0 Å². The van der Waals surface area contributed by atoms with E-state index in [2.05, 4.69) is 10.4 Å². The molecule has 0 aliphatic carbocycles. The van der Waals surface area contributed by atoms with Gasteiger partial charge in [0.15, 0.2) is 0 Å².